The van der Waals surface area contributed by atoms with E-state index in [0.717, 1.165) is 12.3 Å². The summed E-state index contributed by atoms with van der Waals surface area (Å²) in [7, 11) is 1.40. The zero-order valence-electron chi connectivity index (χ0n) is 18.5. The second-order valence-corrected chi connectivity index (χ2v) is 7.83. The van der Waals surface area contributed by atoms with Gasteiger partial charge in [0.1, 0.15) is 16.8 Å². The van der Waals surface area contributed by atoms with Gasteiger partial charge in [-0.25, -0.2) is 0 Å². The molecule has 0 bridgehead atoms. The largest absolute Gasteiger partial charge is 0.495 e. The van der Waals surface area contributed by atoms with Crippen molar-refractivity contribution in [1.29, 1.82) is 0 Å². The lowest BCUT2D eigenvalue weighted by Crippen LogP contribution is -2.56. The standard InChI is InChI=1S/C22H26F3N5O3/c1-4-32-19-14-7-8-27-18(14)29-20(30-19)28-15-6-5-13(11-16(15)31-3)21(2,22(23,24)25)17-12-26-9-10-33-17/h5-8,11,17,26H,4,9-10,12H2,1-3H3,(H2,27,28,29,30). The predicted octanol–water partition coefficient (Wildman–Crippen LogP) is 3.92. The summed E-state index contributed by atoms with van der Waals surface area (Å²) in [4.78, 5) is 11.8. The number of rotatable bonds is 7. The lowest BCUT2D eigenvalue weighted by molar-refractivity contribution is -0.222. The minimum Gasteiger partial charge on any atom is -0.495 e. The van der Waals surface area contributed by atoms with E-state index in [4.69, 9.17) is 14.2 Å². The van der Waals surface area contributed by atoms with Crippen molar-refractivity contribution >= 4 is 22.7 Å². The van der Waals surface area contributed by atoms with Gasteiger partial charge in [0, 0.05) is 19.3 Å². The molecule has 0 aliphatic carbocycles. The number of fused-ring (bicyclic) bond motifs is 1. The van der Waals surface area contributed by atoms with E-state index in [1.54, 1.807) is 12.3 Å². The van der Waals surface area contributed by atoms with Gasteiger partial charge < -0.3 is 29.8 Å². The Morgan fingerprint density at radius 3 is 2.73 bits per heavy atom. The van der Waals surface area contributed by atoms with Crippen LogP contribution in [-0.4, -0.2) is 60.6 Å². The number of nitrogens with zero attached hydrogens (tertiary/aromatic N) is 2. The lowest BCUT2D eigenvalue weighted by atomic mass is 9.76. The van der Waals surface area contributed by atoms with Crippen LogP contribution in [0.3, 0.4) is 0 Å². The van der Waals surface area contributed by atoms with Crippen LogP contribution in [-0.2, 0) is 10.2 Å². The van der Waals surface area contributed by atoms with E-state index < -0.39 is 17.7 Å². The highest BCUT2D eigenvalue weighted by molar-refractivity contribution is 5.82. The highest BCUT2D eigenvalue weighted by Gasteiger charge is 2.58. The van der Waals surface area contributed by atoms with Gasteiger partial charge in [0.2, 0.25) is 11.8 Å². The number of hydrogen-bond donors (Lipinski definition) is 3. The molecular formula is C22H26F3N5O3. The van der Waals surface area contributed by atoms with Crippen LogP contribution >= 0.6 is 0 Å². The predicted molar refractivity (Wildman–Crippen MR) is 117 cm³/mol. The first-order valence-corrected chi connectivity index (χ1v) is 10.6. The van der Waals surface area contributed by atoms with Gasteiger partial charge in [-0.15, -0.1) is 0 Å². The Labute approximate surface area is 188 Å². The molecule has 1 aliphatic rings. The Morgan fingerprint density at radius 1 is 1.24 bits per heavy atom. The molecule has 3 N–H and O–H groups in total. The highest BCUT2D eigenvalue weighted by Crippen LogP contribution is 2.46. The maximum atomic E-state index is 14.3. The number of hydrogen-bond acceptors (Lipinski definition) is 7. The average Bonchev–Trinajstić information content (AvgIpc) is 3.28. The summed E-state index contributed by atoms with van der Waals surface area (Å²) < 4.78 is 59.4. The first-order valence-electron chi connectivity index (χ1n) is 10.6. The molecule has 33 heavy (non-hydrogen) atoms. The molecule has 3 aromatic rings. The Bertz CT molecular complexity index is 1110. The molecule has 2 aromatic heterocycles. The molecule has 2 unspecified atom stereocenters. The number of ether oxygens (including phenoxy) is 3. The van der Waals surface area contributed by atoms with Crippen LogP contribution in [0.25, 0.3) is 11.0 Å². The monoisotopic (exact) mass is 465 g/mol. The summed E-state index contributed by atoms with van der Waals surface area (Å²) >= 11 is 0. The summed E-state index contributed by atoms with van der Waals surface area (Å²) in [6, 6.07) is 6.13. The summed E-state index contributed by atoms with van der Waals surface area (Å²) in [5.74, 6) is 0.839. The molecule has 4 rings (SSSR count). The third-order valence-electron chi connectivity index (χ3n) is 5.87. The maximum Gasteiger partial charge on any atom is 0.400 e. The molecule has 8 nitrogen and oxygen atoms in total. The van der Waals surface area contributed by atoms with Gasteiger partial charge in [0.05, 0.1) is 37.5 Å². The average molecular weight is 465 g/mol. The van der Waals surface area contributed by atoms with Crippen molar-refractivity contribution in [3.63, 3.8) is 0 Å². The van der Waals surface area contributed by atoms with E-state index in [9.17, 15) is 13.2 Å². The molecule has 1 aliphatic heterocycles. The van der Waals surface area contributed by atoms with Gasteiger partial charge >= 0.3 is 6.18 Å². The van der Waals surface area contributed by atoms with E-state index in [1.807, 2.05) is 6.92 Å². The quantitative estimate of drug-likeness (QED) is 0.487. The number of benzene rings is 1. The Balaban J connectivity index is 1.70. The number of halogens is 3. The van der Waals surface area contributed by atoms with E-state index in [-0.39, 0.29) is 30.4 Å². The van der Waals surface area contributed by atoms with Gasteiger partial charge in [-0.1, -0.05) is 6.07 Å². The van der Waals surface area contributed by atoms with Crippen molar-refractivity contribution in [3.05, 3.63) is 36.0 Å². The van der Waals surface area contributed by atoms with Crippen molar-refractivity contribution < 1.29 is 27.4 Å². The number of aromatic amines is 1. The van der Waals surface area contributed by atoms with Crippen molar-refractivity contribution in [1.82, 2.24) is 20.3 Å². The third kappa shape index (κ3) is 4.30. The first-order chi connectivity index (χ1) is 15.8. The van der Waals surface area contributed by atoms with E-state index in [2.05, 4.69) is 25.6 Å². The van der Waals surface area contributed by atoms with Gasteiger partial charge in [-0.3, -0.25) is 0 Å². The van der Waals surface area contributed by atoms with Crippen LogP contribution in [0.2, 0.25) is 0 Å². The number of H-pyrrole nitrogens is 1. The fourth-order valence-corrected chi connectivity index (χ4v) is 3.92. The number of aromatic nitrogens is 3. The molecule has 1 saturated heterocycles. The molecule has 11 heteroatoms. The zero-order chi connectivity index (χ0) is 23.6. The molecule has 0 radical (unpaired) electrons. The number of morpholine rings is 1. The summed E-state index contributed by atoms with van der Waals surface area (Å²) in [5, 5.41) is 6.74. The fourth-order valence-electron chi connectivity index (χ4n) is 3.92. The van der Waals surface area contributed by atoms with Crippen LogP contribution in [0.15, 0.2) is 30.5 Å². The minimum absolute atomic E-state index is 0.0434. The third-order valence-corrected chi connectivity index (χ3v) is 5.87. The summed E-state index contributed by atoms with van der Waals surface area (Å²) in [5.41, 5.74) is -1.20. The van der Waals surface area contributed by atoms with Crippen LogP contribution in [0.4, 0.5) is 24.8 Å². The zero-order valence-corrected chi connectivity index (χ0v) is 18.5. The summed E-state index contributed by atoms with van der Waals surface area (Å²) in [6.07, 6.45) is -3.88. The van der Waals surface area contributed by atoms with Gasteiger partial charge in [-0.2, -0.15) is 23.1 Å². The van der Waals surface area contributed by atoms with E-state index in [1.165, 1.54) is 25.3 Å². The Hall–Kier alpha value is -3.05. The maximum absolute atomic E-state index is 14.3. The van der Waals surface area contributed by atoms with Crippen molar-refractivity contribution in [2.75, 3.05) is 38.7 Å². The van der Waals surface area contributed by atoms with Crippen LogP contribution in [0, 0.1) is 0 Å². The normalized spacial score (nSPS) is 18.7. The first kappa shape index (κ1) is 23.1. The number of alkyl halides is 3. The molecular weight excluding hydrogens is 439 g/mol. The number of anilines is 2. The minimum atomic E-state index is -4.54. The molecule has 3 heterocycles. The molecule has 1 fully saturated rings. The number of methoxy groups -OCH3 is 1. The van der Waals surface area contributed by atoms with Crippen molar-refractivity contribution in [3.8, 4) is 11.6 Å². The van der Waals surface area contributed by atoms with Crippen molar-refractivity contribution in [2.45, 2.75) is 31.5 Å². The SMILES string of the molecule is CCOc1nc(Nc2ccc(C(C)(C3CNCCO3)C(F)(F)F)cc2OC)nc2[nH]ccc12. The molecule has 0 amide bonds. The molecule has 178 valence electrons. The van der Waals surface area contributed by atoms with Crippen LogP contribution < -0.4 is 20.1 Å². The smallest absolute Gasteiger partial charge is 0.400 e. The van der Waals surface area contributed by atoms with Gasteiger partial charge in [-0.05, 0) is 37.6 Å². The highest BCUT2D eigenvalue weighted by atomic mass is 19.4. The summed E-state index contributed by atoms with van der Waals surface area (Å²) in [6.45, 7) is 4.26. The Morgan fingerprint density at radius 2 is 2.06 bits per heavy atom. The van der Waals surface area contributed by atoms with Crippen LogP contribution in [0.5, 0.6) is 11.6 Å². The van der Waals surface area contributed by atoms with E-state index in [0.29, 0.717) is 30.4 Å². The van der Waals surface area contributed by atoms with Crippen molar-refractivity contribution in [2.24, 2.45) is 0 Å². The molecule has 0 spiro atoms. The molecule has 0 saturated carbocycles. The van der Waals surface area contributed by atoms with Gasteiger partial charge in [0.25, 0.3) is 0 Å². The lowest BCUT2D eigenvalue weighted by Gasteiger charge is -2.41. The second kappa shape index (κ2) is 9.06. The topological polar surface area (TPSA) is 93.3 Å². The Kier molecular flexibility index (Phi) is 6.35. The fraction of sp³-hybridized carbons (Fsp3) is 0.455. The van der Waals surface area contributed by atoms with Gasteiger partial charge in [0.15, 0.2) is 0 Å². The van der Waals surface area contributed by atoms with E-state index >= 15 is 0 Å². The molecule has 2 atom stereocenters. The molecule has 1 aromatic carbocycles. The second-order valence-electron chi connectivity index (χ2n) is 7.83. The van der Waals surface area contributed by atoms with Crippen LogP contribution in [0.1, 0.15) is 19.4 Å². The number of nitrogens with one attached hydrogen (secondary N) is 3.